The normalized spacial score (nSPS) is 17.4. The largest absolute Gasteiger partial charge is 0.573 e. The molecule has 1 aliphatic carbocycles. The van der Waals surface area contributed by atoms with E-state index in [0.717, 1.165) is 0 Å². The zero-order valence-corrected chi connectivity index (χ0v) is 21.7. The van der Waals surface area contributed by atoms with Crippen molar-refractivity contribution < 1.29 is 36.6 Å². The summed E-state index contributed by atoms with van der Waals surface area (Å²) in [4.78, 5) is 16.8. The Hall–Kier alpha value is -3.99. The summed E-state index contributed by atoms with van der Waals surface area (Å²) in [5.41, 5.74) is 1.45. The maximum Gasteiger partial charge on any atom is 0.573 e. The first-order chi connectivity index (χ1) is 19.1. The number of fused-ring (bicyclic) bond motifs is 1. The van der Waals surface area contributed by atoms with Gasteiger partial charge >= 0.3 is 6.36 Å². The summed E-state index contributed by atoms with van der Waals surface area (Å²) in [5.74, 6) is -0.661. The highest BCUT2D eigenvalue weighted by Gasteiger charge is 2.31. The molecule has 2 aromatic heterocycles. The number of ether oxygens (including phenoxy) is 3. The number of imidazole rings is 1. The minimum Gasteiger partial charge on any atom is -0.490 e. The summed E-state index contributed by atoms with van der Waals surface area (Å²) in [7, 11) is 0. The number of nitrogens with one attached hydrogen (secondary N) is 1. The van der Waals surface area contributed by atoms with Crippen molar-refractivity contribution in [1.82, 2.24) is 14.7 Å². The van der Waals surface area contributed by atoms with Crippen LogP contribution < -0.4 is 19.5 Å². The van der Waals surface area contributed by atoms with Gasteiger partial charge in [-0.15, -0.1) is 13.2 Å². The summed E-state index contributed by atoms with van der Waals surface area (Å²) < 4.78 is 68.9. The van der Waals surface area contributed by atoms with Gasteiger partial charge < -0.3 is 19.5 Å². The first-order valence-corrected chi connectivity index (χ1v) is 12.9. The number of nitrogens with zero attached hydrogens (tertiary/aromatic N) is 2. The van der Waals surface area contributed by atoms with E-state index < -0.39 is 12.2 Å². The molecule has 1 fully saturated rings. The third kappa shape index (κ3) is 6.95. The number of benzene rings is 2. The molecule has 4 aromatic rings. The molecule has 2 aromatic carbocycles. The molecule has 40 heavy (non-hydrogen) atoms. The molecule has 1 amide bonds. The number of amides is 1. The monoisotopic (exact) mass is 577 g/mol. The van der Waals surface area contributed by atoms with Crippen LogP contribution in [0.4, 0.5) is 17.6 Å². The Kier molecular flexibility index (Phi) is 8.02. The van der Waals surface area contributed by atoms with E-state index >= 15 is 0 Å². The number of carbonyl (C=O) groups is 1. The number of alkyl halides is 3. The molecule has 0 atom stereocenters. The number of pyridine rings is 1. The smallest absolute Gasteiger partial charge is 0.490 e. The van der Waals surface area contributed by atoms with Gasteiger partial charge in [-0.05, 0) is 79.8 Å². The molecule has 5 rings (SSSR count). The van der Waals surface area contributed by atoms with Crippen molar-refractivity contribution in [2.45, 2.75) is 50.8 Å². The van der Waals surface area contributed by atoms with Crippen LogP contribution in [-0.4, -0.2) is 33.9 Å². The molecule has 0 aliphatic heterocycles. The molecule has 2 heterocycles. The third-order valence-electron chi connectivity index (χ3n) is 6.43. The molecule has 0 saturated heterocycles. The van der Waals surface area contributed by atoms with Crippen LogP contribution in [0.5, 0.6) is 17.2 Å². The molecular weight excluding hydrogens is 554 g/mol. The topological polar surface area (TPSA) is 74.1 Å². The van der Waals surface area contributed by atoms with Gasteiger partial charge in [-0.2, -0.15) is 0 Å². The number of rotatable bonds is 8. The van der Waals surface area contributed by atoms with E-state index in [1.807, 2.05) is 0 Å². The highest BCUT2D eigenvalue weighted by molar-refractivity contribution is 6.30. The lowest BCUT2D eigenvalue weighted by Crippen LogP contribution is -2.30. The van der Waals surface area contributed by atoms with Gasteiger partial charge in [0.15, 0.2) is 11.6 Å². The summed E-state index contributed by atoms with van der Waals surface area (Å²) in [6.45, 7) is 0.107. The standard InChI is InChI=1S/C28H24ClF4N3O4/c29-18-2-12-26-34-15-24(36(26)16-18)27(37)35-14-17-1-11-25(23(30)13-17)39-21-5-3-19(4-6-21)38-20-7-9-22(10-8-20)40-28(31,32)33/h1-2,7-13,15-16,19,21H,3-6,14H2,(H,35,37). The van der Waals surface area contributed by atoms with Gasteiger partial charge in [0.25, 0.3) is 5.91 Å². The van der Waals surface area contributed by atoms with Crippen LogP contribution in [0.15, 0.2) is 67.0 Å². The zero-order chi connectivity index (χ0) is 28.3. The average molecular weight is 578 g/mol. The Balaban J connectivity index is 1.09. The lowest BCUT2D eigenvalue weighted by atomic mass is 9.95. The summed E-state index contributed by atoms with van der Waals surface area (Å²) in [5, 5.41) is 3.22. The maximum atomic E-state index is 14.8. The molecular formula is C28H24ClF4N3O4. The predicted molar refractivity (Wildman–Crippen MR) is 138 cm³/mol. The van der Waals surface area contributed by atoms with Gasteiger partial charge in [-0.3, -0.25) is 9.20 Å². The minimum absolute atomic E-state index is 0.107. The van der Waals surface area contributed by atoms with Crippen LogP contribution in [0.2, 0.25) is 5.02 Å². The van der Waals surface area contributed by atoms with Crippen molar-refractivity contribution in [2.75, 3.05) is 0 Å². The maximum absolute atomic E-state index is 14.8. The van der Waals surface area contributed by atoms with Gasteiger partial charge in [0, 0.05) is 12.7 Å². The second-order valence-electron chi connectivity index (χ2n) is 9.32. The molecule has 0 radical (unpaired) electrons. The van der Waals surface area contributed by atoms with Crippen LogP contribution in [0, 0.1) is 5.82 Å². The summed E-state index contributed by atoms with van der Waals surface area (Å²) >= 11 is 6.02. The highest BCUT2D eigenvalue weighted by Crippen LogP contribution is 2.30. The number of aromatic nitrogens is 2. The fraction of sp³-hybridized carbons (Fsp3) is 0.286. The highest BCUT2D eigenvalue weighted by atomic mass is 35.5. The van der Waals surface area contributed by atoms with Crippen molar-refractivity contribution in [3.05, 3.63) is 89.1 Å². The van der Waals surface area contributed by atoms with Crippen molar-refractivity contribution >= 4 is 23.2 Å². The Bertz CT molecular complexity index is 1490. The predicted octanol–water partition coefficient (Wildman–Crippen LogP) is 6.72. The third-order valence-corrected chi connectivity index (χ3v) is 6.65. The van der Waals surface area contributed by atoms with Crippen molar-refractivity contribution in [2.24, 2.45) is 0 Å². The Labute approximate surface area is 231 Å². The van der Waals surface area contributed by atoms with E-state index in [2.05, 4.69) is 15.0 Å². The van der Waals surface area contributed by atoms with Crippen LogP contribution in [0.3, 0.4) is 0 Å². The minimum atomic E-state index is -4.75. The molecule has 1 aliphatic rings. The SMILES string of the molecule is O=C(NCc1ccc(OC2CCC(Oc3ccc(OC(F)(F)F)cc3)CC2)c(F)c1)c1cnc2ccc(Cl)cn12. The van der Waals surface area contributed by atoms with E-state index in [-0.39, 0.29) is 36.2 Å². The summed E-state index contributed by atoms with van der Waals surface area (Å²) in [6, 6.07) is 13.2. The molecule has 0 spiro atoms. The van der Waals surface area contributed by atoms with Crippen LogP contribution in [-0.2, 0) is 6.54 Å². The van der Waals surface area contributed by atoms with Gasteiger partial charge in [0.05, 0.1) is 23.4 Å². The van der Waals surface area contributed by atoms with E-state index in [0.29, 0.717) is 53.4 Å². The molecule has 210 valence electrons. The lowest BCUT2D eigenvalue weighted by molar-refractivity contribution is -0.274. The molecule has 7 nitrogen and oxygen atoms in total. The fourth-order valence-corrected chi connectivity index (χ4v) is 4.67. The van der Waals surface area contributed by atoms with E-state index in [9.17, 15) is 22.4 Å². The summed E-state index contributed by atoms with van der Waals surface area (Å²) in [6.07, 6.45) is 0.500. The second-order valence-corrected chi connectivity index (χ2v) is 9.76. The lowest BCUT2D eigenvalue weighted by Gasteiger charge is -2.29. The molecule has 1 saturated carbocycles. The van der Waals surface area contributed by atoms with Crippen LogP contribution in [0.25, 0.3) is 5.65 Å². The quantitative estimate of drug-likeness (QED) is 0.235. The van der Waals surface area contributed by atoms with Crippen LogP contribution >= 0.6 is 11.6 Å². The average Bonchev–Trinajstić information content (AvgIpc) is 3.33. The van der Waals surface area contributed by atoms with Gasteiger partial charge in [0.1, 0.15) is 22.8 Å². The Morgan fingerprint density at radius 1 is 0.975 bits per heavy atom. The fourth-order valence-electron chi connectivity index (χ4n) is 4.51. The van der Waals surface area contributed by atoms with E-state index in [1.165, 1.54) is 42.6 Å². The Morgan fingerprint density at radius 2 is 1.65 bits per heavy atom. The number of hydrogen-bond donors (Lipinski definition) is 1. The number of halogens is 5. The van der Waals surface area contributed by atoms with Crippen molar-refractivity contribution in [1.29, 1.82) is 0 Å². The second kappa shape index (κ2) is 11.6. The van der Waals surface area contributed by atoms with E-state index in [1.54, 1.807) is 28.8 Å². The van der Waals surface area contributed by atoms with Gasteiger partial charge in [-0.25, -0.2) is 9.37 Å². The number of hydrogen-bond acceptors (Lipinski definition) is 5. The molecule has 0 unspecified atom stereocenters. The van der Waals surface area contributed by atoms with Gasteiger partial charge in [-0.1, -0.05) is 17.7 Å². The number of carbonyl (C=O) groups excluding carboxylic acids is 1. The first kappa shape index (κ1) is 27.6. The van der Waals surface area contributed by atoms with Crippen LogP contribution in [0.1, 0.15) is 41.7 Å². The van der Waals surface area contributed by atoms with Gasteiger partial charge in [0.2, 0.25) is 0 Å². The molecule has 0 bridgehead atoms. The van der Waals surface area contributed by atoms with E-state index in [4.69, 9.17) is 21.1 Å². The Morgan fingerprint density at radius 3 is 2.33 bits per heavy atom. The molecule has 1 N–H and O–H groups in total. The van der Waals surface area contributed by atoms with Crippen molar-refractivity contribution in [3.8, 4) is 17.2 Å². The first-order valence-electron chi connectivity index (χ1n) is 12.5. The molecule has 12 heteroatoms. The van der Waals surface area contributed by atoms with Crippen molar-refractivity contribution in [3.63, 3.8) is 0 Å². The zero-order valence-electron chi connectivity index (χ0n) is 21.0.